The van der Waals surface area contributed by atoms with Gasteiger partial charge < -0.3 is 9.84 Å². The Hall–Kier alpha value is -0.350. The Kier molecular flexibility index (Phi) is 5.25. The Morgan fingerprint density at radius 2 is 2.06 bits per heavy atom. The van der Waals surface area contributed by atoms with Crippen molar-refractivity contribution < 1.29 is 9.84 Å². The van der Waals surface area contributed by atoms with Crippen molar-refractivity contribution in [2.24, 2.45) is 0 Å². The highest BCUT2D eigenvalue weighted by Gasteiger charge is 2.20. The first-order valence-corrected chi connectivity index (χ1v) is 7.00. The van der Waals surface area contributed by atoms with Crippen molar-refractivity contribution in [3.05, 3.63) is 28.0 Å². The molecular weight excluding hydrogens is 273 g/mol. The summed E-state index contributed by atoms with van der Waals surface area (Å²) >= 11 is 12.1. The molecule has 1 fully saturated rings. The fraction of sp³-hybridized carbons (Fsp3) is 0.615. The average molecular weight is 290 g/mol. The van der Waals surface area contributed by atoms with Gasteiger partial charge in [-0.2, -0.15) is 0 Å². The smallest absolute Gasteiger partial charge is 0.0637 e. The van der Waals surface area contributed by atoms with E-state index in [9.17, 15) is 5.11 Å². The largest absolute Gasteiger partial charge is 0.393 e. The third-order valence-electron chi connectivity index (χ3n) is 3.20. The van der Waals surface area contributed by atoms with Crippen molar-refractivity contribution in [2.45, 2.75) is 44.3 Å². The topological polar surface area (TPSA) is 42.4 Å². The van der Waals surface area contributed by atoms with Gasteiger partial charge in [0.2, 0.25) is 0 Å². The van der Waals surface area contributed by atoms with Crippen molar-refractivity contribution in [2.75, 3.05) is 6.61 Å². The third kappa shape index (κ3) is 3.82. The number of aliphatic hydroxyl groups excluding tert-OH is 1. The van der Waals surface area contributed by atoms with Gasteiger partial charge in [0.15, 0.2) is 0 Å². The monoisotopic (exact) mass is 289 g/mol. The normalized spacial score (nSPS) is 21.8. The van der Waals surface area contributed by atoms with E-state index in [2.05, 4.69) is 4.98 Å². The molecule has 1 aromatic rings. The molecule has 2 unspecified atom stereocenters. The van der Waals surface area contributed by atoms with Gasteiger partial charge in [-0.05, 0) is 31.2 Å². The van der Waals surface area contributed by atoms with Crippen LogP contribution in [0.4, 0.5) is 0 Å². The first-order valence-electron chi connectivity index (χ1n) is 6.24. The van der Waals surface area contributed by atoms with Gasteiger partial charge in [0, 0.05) is 25.4 Å². The number of nitrogens with zero attached hydrogens (tertiary/aromatic N) is 1. The second kappa shape index (κ2) is 6.71. The maximum Gasteiger partial charge on any atom is 0.0637 e. The van der Waals surface area contributed by atoms with Crippen LogP contribution in [0.1, 0.15) is 31.2 Å². The second-order valence-corrected chi connectivity index (χ2v) is 5.48. The van der Waals surface area contributed by atoms with Crippen LogP contribution < -0.4 is 0 Å². The maximum atomic E-state index is 10.1. The van der Waals surface area contributed by atoms with Gasteiger partial charge in [-0.1, -0.05) is 23.2 Å². The highest BCUT2D eigenvalue weighted by atomic mass is 35.5. The second-order valence-electron chi connectivity index (χ2n) is 4.66. The molecule has 0 radical (unpaired) electrons. The lowest BCUT2D eigenvalue weighted by molar-refractivity contribution is -0.0147. The molecule has 2 heterocycles. The number of aliphatic hydroxyl groups is 1. The minimum atomic E-state index is -0.481. The lowest BCUT2D eigenvalue weighted by atomic mass is 9.99. The van der Waals surface area contributed by atoms with Gasteiger partial charge in [-0.25, -0.2) is 0 Å². The van der Waals surface area contributed by atoms with E-state index in [1.807, 2.05) is 0 Å². The lowest BCUT2D eigenvalue weighted by Crippen LogP contribution is -2.25. The van der Waals surface area contributed by atoms with E-state index in [0.717, 1.165) is 25.0 Å². The molecule has 1 aliphatic heterocycles. The van der Waals surface area contributed by atoms with Crippen molar-refractivity contribution in [1.29, 1.82) is 0 Å². The van der Waals surface area contributed by atoms with Crippen molar-refractivity contribution >= 4 is 23.2 Å². The SMILES string of the molecule is OC(Cc1c(Cl)cncc1Cl)CC1CCCCO1. The van der Waals surface area contributed by atoms with Crippen molar-refractivity contribution in [3.63, 3.8) is 0 Å². The third-order valence-corrected chi connectivity index (χ3v) is 3.85. The predicted molar refractivity (Wildman–Crippen MR) is 72.2 cm³/mol. The fourth-order valence-electron chi connectivity index (χ4n) is 2.25. The number of halogens is 2. The molecule has 0 bridgehead atoms. The standard InChI is InChI=1S/C13H17Cl2NO2/c14-12-7-16-8-13(15)11(12)6-9(17)5-10-3-1-2-4-18-10/h7-10,17H,1-6H2. The number of ether oxygens (including phenoxy) is 1. The van der Waals surface area contributed by atoms with Crippen LogP contribution in [-0.4, -0.2) is 28.9 Å². The summed E-state index contributed by atoms with van der Waals surface area (Å²) in [6, 6.07) is 0. The first kappa shape index (κ1) is 14.1. The van der Waals surface area contributed by atoms with E-state index < -0.39 is 6.10 Å². The predicted octanol–water partition coefficient (Wildman–Crippen LogP) is 3.25. The molecule has 1 N–H and O–H groups in total. The Bertz CT molecular complexity index is 374. The number of aromatic nitrogens is 1. The van der Waals surface area contributed by atoms with Crippen LogP contribution in [0.2, 0.25) is 10.0 Å². The molecular formula is C13H17Cl2NO2. The Labute approximate surface area is 117 Å². The molecule has 0 amide bonds. The molecule has 100 valence electrons. The van der Waals surface area contributed by atoms with Crippen LogP contribution in [0.15, 0.2) is 12.4 Å². The number of rotatable bonds is 4. The molecule has 3 nitrogen and oxygen atoms in total. The van der Waals surface area contributed by atoms with Gasteiger partial charge in [-0.15, -0.1) is 0 Å². The van der Waals surface area contributed by atoms with Gasteiger partial charge in [0.25, 0.3) is 0 Å². The quantitative estimate of drug-likeness (QED) is 0.925. The van der Waals surface area contributed by atoms with Crippen molar-refractivity contribution in [1.82, 2.24) is 4.98 Å². The van der Waals surface area contributed by atoms with E-state index in [0.29, 0.717) is 22.9 Å². The molecule has 0 saturated carbocycles. The minimum Gasteiger partial charge on any atom is -0.393 e. The van der Waals surface area contributed by atoms with E-state index in [4.69, 9.17) is 27.9 Å². The molecule has 0 spiro atoms. The van der Waals surface area contributed by atoms with Crippen LogP contribution in [0, 0.1) is 0 Å². The summed E-state index contributed by atoms with van der Waals surface area (Å²) < 4.78 is 5.61. The summed E-state index contributed by atoms with van der Waals surface area (Å²) in [5.41, 5.74) is 0.761. The summed E-state index contributed by atoms with van der Waals surface area (Å²) in [6.45, 7) is 0.800. The summed E-state index contributed by atoms with van der Waals surface area (Å²) in [7, 11) is 0. The molecule has 1 saturated heterocycles. The molecule has 1 aliphatic rings. The zero-order chi connectivity index (χ0) is 13.0. The minimum absolute atomic E-state index is 0.160. The maximum absolute atomic E-state index is 10.1. The first-order chi connectivity index (χ1) is 8.66. The number of hydrogen-bond donors (Lipinski definition) is 1. The number of pyridine rings is 1. The Morgan fingerprint density at radius 3 is 2.67 bits per heavy atom. The molecule has 1 aromatic heterocycles. The van der Waals surface area contributed by atoms with Crippen LogP contribution >= 0.6 is 23.2 Å². The summed E-state index contributed by atoms with van der Waals surface area (Å²) in [5.74, 6) is 0. The lowest BCUT2D eigenvalue weighted by Gasteiger charge is -2.25. The molecule has 0 aliphatic carbocycles. The molecule has 2 atom stereocenters. The summed E-state index contributed by atoms with van der Waals surface area (Å²) in [5, 5.41) is 11.1. The zero-order valence-electron chi connectivity index (χ0n) is 10.1. The highest BCUT2D eigenvalue weighted by molar-refractivity contribution is 6.35. The van der Waals surface area contributed by atoms with E-state index in [1.54, 1.807) is 12.4 Å². The molecule has 5 heteroatoms. The zero-order valence-corrected chi connectivity index (χ0v) is 11.6. The van der Waals surface area contributed by atoms with Crippen LogP contribution in [0.25, 0.3) is 0 Å². The van der Waals surface area contributed by atoms with Crippen LogP contribution in [0.3, 0.4) is 0 Å². The van der Waals surface area contributed by atoms with E-state index in [-0.39, 0.29) is 6.10 Å². The molecule has 18 heavy (non-hydrogen) atoms. The highest BCUT2D eigenvalue weighted by Crippen LogP contribution is 2.26. The number of hydrogen-bond acceptors (Lipinski definition) is 3. The van der Waals surface area contributed by atoms with Gasteiger partial charge in [0.05, 0.1) is 22.3 Å². The molecule has 0 aromatic carbocycles. The van der Waals surface area contributed by atoms with E-state index >= 15 is 0 Å². The van der Waals surface area contributed by atoms with E-state index in [1.165, 1.54) is 6.42 Å². The summed E-state index contributed by atoms with van der Waals surface area (Å²) in [6.07, 6.45) is 7.17. The van der Waals surface area contributed by atoms with Gasteiger partial charge in [0.1, 0.15) is 0 Å². The van der Waals surface area contributed by atoms with Gasteiger partial charge in [-0.3, -0.25) is 4.98 Å². The fourth-order valence-corrected chi connectivity index (χ4v) is 2.77. The Morgan fingerprint density at radius 1 is 1.33 bits per heavy atom. The van der Waals surface area contributed by atoms with Crippen LogP contribution in [-0.2, 0) is 11.2 Å². The van der Waals surface area contributed by atoms with Crippen LogP contribution in [0.5, 0.6) is 0 Å². The summed E-state index contributed by atoms with van der Waals surface area (Å²) in [4.78, 5) is 3.90. The molecule has 2 rings (SSSR count). The van der Waals surface area contributed by atoms with Crippen molar-refractivity contribution in [3.8, 4) is 0 Å². The average Bonchev–Trinajstić information content (AvgIpc) is 2.35. The Balaban J connectivity index is 1.92. The van der Waals surface area contributed by atoms with Gasteiger partial charge >= 0.3 is 0 Å².